The third-order valence-corrected chi connectivity index (χ3v) is 4.00. The quantitative estimate of drug-likeness (QED) is 0.800. The molecule has 0 amide bonds. The second-order valence-electron chi connectivity index (χ2n) is 4.71. The molecule has 2 N–H and O–H groups in total. The fourth-order valence-corrected chi connectivity index (χ4v) is 2.78. The third-order valence-electron chi connectivity index (χ3n) is 3.04. The third kappa shape index (κ3) is 2.79. The first-order valence-corrected chi connectivity index (χ1v) is 7.27. The first-order chi connectivity index (χ1) is 9.72. The highest BCUT2D eigenvalue weighted by Gasteiger charge is 2.17. The van der Waals surface area contributed by atoms with E-state index >= 15 is 0 Å². The van der Waals surface area contributed by atoms with Gasteiger partial charge in [-0.05, 0) is 23.9 Å². The highest BCUT2D eigenvalue weighted by atomic mass is 32.1. The summed E-state index contributed by atoms with van der Waals surface area (Å²) in [5.74, 6) is 1.13. The predicted molar refractivity (Wildman–Crippen MR) is 78.6 cm³/mol. The highest BCUT2D eigenvalue weighted by Crippen LogP contribution is 2.22. The molecule has 3 aromatic rings. The van der Waals surface area contributed by atoms with Crippen molar-refractivity contribution in [3.05, 3.63) is 69.5 Å². The second kappa shape index (κ2) is 5.56. The number of rotatable bonds is 4. The molecule has 0 radical (unpaired) electrons. The van der Waals surface area contributed by atoms with Crippen LogP contribution < -0.4 is 5.73 Å². The van der Waals surface area contributed by atoms with Gasteiger partial charge < -0.3 is 10.3 Å². The van der Waals surface area contributed by atoms with Gasteiger partial charge in [-0.1, -0.05) is 41.1 Å². The van der Waals surface area contributed by atoms with Crippen LogP contribution in [0.25, 0.3) is 0 Å². The molecule has 1 atom stereocenters. The van der Waals surface area contributed by atoms with Gasteiger partial charge in [-0.3, -0.25) is 0 Å². The van der Waals surface area contributed by atoms with E-state index in [2.05, 4.69) is 35.3 Å². The van der Waals surface area contributed by atoms with Crippen molar-refractivity contribution in [2.75, 3.05) is 0 Å². The van der Waals surface area contributed by atoms with Gasteiger partial charge >= 0.3 is 0 Å². The first-order valence-electron chi connectivity index (χ1n) is 6.39. The summed E-state index contributed by atoms with van der Waals surface area (Å²) in [5, 5.41) is 6.00. The standard InChI is InChI=1S/C15H15N3OS/c1-10-4-2-5-11(8-10)9-13-17-15(19-18-13)14(16)12-6-3-7-20-12/h2-8,14H,9,16H2,1H3. The van der Waals surface area contributed by atoms with Gasteiger partial charge in [-0.15, -0.1) is 11.3 Å². The number of aryl methyl sites for hydroxylation is 1. The van der Waals surface area contributed by atoms with E-state index < -0.39 is 0 Å². The summed E-state index contributed by atoms with van der Waals surface area (Å²) in [4.78, 5) is 5.42. The Morgan fingerprint density at radius 3 is 2.95 bits per heavy atom. The topological polar surface area (TPSA) is 64.9 Å². The molecule has 0 saturated heterocycles. The van der Waals surface area contributed by atoms with E-state index in [0.717, 1.165) is 4.88 Å². The summed E-state index contributed by atoms with van der Waals surface area (Å²) in [5.41, 5.74) is 8.50. The van der Waals surface area contributed by atoms with Crippen molar-refractivity contribution in [3.8, 4) is 0 Å². The molecule has 0 saturated carbocycles. The van der Waals surface area contributed by atoms with Gasteiger partial charge in [-0.25, -0.2) is 0 Å². The molecule has 20 heavy (non-hydrogen) atoms. The number of thiophene rings is 1. The Bertz CT molecular complexity index is 691. The molecule has 0 aliphatic rings. The van der Waals surface area contributed by atoms with Crippen LogP contribution in [0.3, 0.4) is 0 Å². The van der Waals surface area contributed by atoms with E-state index in [1.807, 2.05) is 23.6 Å². The molecule has 2 heterocycles. The molecule has 5 heteroatoms. The van der Waals surface area contributed by atoms with Crippen LogP contribution in [0.1, 0.15) is 33.8 Å². The van der Waals surface area contributed by atoms with Crippen molar-refractivity contribution < 1.29 is 4.52 Å². The summed E-state index contributed by atoms with van der Waals surface area (Å²) in [6.07, 6.45) is 0.655. The Hall–Kier alpha value is -1.98. The maximum Gasteiger partial charge on any atom is 0.248 e. The molecular formula is C15H15N3OS. The number of nitrogens with two attached hydrogens (primary N) is 1. The molecule has 0 aliphatic carbocycles. The fraction of sp³-hybridized carbons (Fsp3) is 0.200. The molecule has 102 valence electrons. The maximum atomic E-state index is 6.11. The molecule has 1 aromatic carbocycles. The van der Waals surface area contributed by atoms with Crippen LogP contribution in [0.5, 0.6) is 0 Å². The van der Waals surface area contributed by atoms with Gasteiger partial charge in [0, 0.05) is 11.3 Å². The Labute approximate surface area is 121 Å². The molecule has 0 fully saturated rings. The van der Waals surface area contributed by atoms with Crippen LogP contribution in [0.15, 0.2) is 46.3 Å². The van der Waals surface area contributed by atoms with Crippen molar-refractivity contribution in [1.82, 2.24) is 10.1 Å². The van der Waals surface area contributed by atoms with E-state index in [0.29, 0.717) is 18.1 Å². The number of hydrogen-bond acceptors (Lipinski definition) is 5. The summed E-state index contributed by atoms with van der Waals surface area (Å²) in [6, 6.07) is 11.9. The molecule has 2 aromatic heterocycles. The Balaban J connectivity index is 1.77. The monoisotopic (exact) mass is 285 g/mol. The zero-order valence-electron chi connectivity index (χ0n) is 11.1. The van der Waals surface area contributed by atoms with Crippen LogP contribution in [0, 0.1) is 6.92 Å². The van der Waals surface area contributed by atoms with Crippen molar-refractivity contribution >= 4 is 11.3 Å². The van der Waals surface area contributed by atoms with Crippen LogP contribution >= 0.6 is 11.3 Å². The van der Waals surface area contributed by atoms with Crippen LogP contribution in [-0.2, 0) is 6.42 Å². The summed E-state index contributed by atoms with van der Waals surface area (Å²) >= 11 is 1.59. The lowest BCUT2D eigenvalue weighted by molar-refractivity contribution is 0.364. The second-order valence-corrected chi connectivity index (χ2v) is 5.69. The van der Waals surface area contributed by atoms with Gasteiger partial charge in [0.15, 0.2) is 5.82 Å². The smallest absolute Gasteiger partial charge is 0.248 e. The van der Waals surface area contributed by atoms with Gasteiger partial charge in [0.05, 0.1) is 0 Å². The van der Waals surface area contributed by atoms with Gasteiger partial charge in [-0.2, -0.15) is 4.98 Å². The predicted octanol–water partition coefficient (Wildman–Crippen LogP) is 3.08. The van der Waals surface area contributed by atoms with Crippen LogP contribution in [0.2, 0.25) is 0 Å². The highest BCUT2D eigenvalue weighted by molar-refractivity contribution is 7.10. The Kier molecular flexibility index (Phi) is 3.62. The normalized spacial score (nSPS) is 12.5. The lowest BCUT2D eigenvalue weighted by atomic mass is 10.1. The molecule has 1 unspecified atom stereocenters. The van der Waals surface area contributed by atoms with E-state index in [1.165, 1.54) is 11.1 Å². The number of aromatic nitrogens is 2. The summed E-state index contributed by atoms with van der Waals surface area (Å²) in [7, 11) is 0. The fourth-order valence-electron chi connectivity index (χ4n) is 2.06. The Morgan fingerprint density at radius 1 is 1.30 bits per heavy atom. The van der Waals surface area contributed by atoms with Gasteiger partial charge in [0.25, 0.3) is 0 Å². The average Bonchev–Trinajstić information content (AvgIpc) is 3.09. The Morgan fingerprint density at radius 2 is 2.20 bits per heavy atom. The van der Waals surface area contributed by atoms with Crippen molar-refractivity contribution in [2.24, 2.45) is 5.73 Å². The number of hydrogen-bond donors (Lipinski definition) is 1. The minimum absolute atomic E-state index is 0.339. The summed E-state index contributed by atoms with van der Waals surface area (Å²) < 4.78 is 5.27. The number of nitrogens with zero attached hydrogens (tertiary/aromatic N) is 2. The maximum absolute atomic E-state index is 6.11. The molecular weight excluding hydrogens is 270 g/mol. The SMILES string of the molecule is Cc1cccc(Cc2noc(C(N)c3cccs3)n2)c1. The van der Waals surface area contributed by atoms with Crippen molar-refractivity contribution in [1.29, 1.82) is 0 Å². The molecule has 0 spiro atoms. The largest absolute Gasteiger partial charge is 0.337 e. The van der Waals surface area contributed by atoms with E-state index in [9.17, 15) is 0 Å². The van der Waals surface area contributed by atoms with Crippen LogP contribution in [-0.4, -0.2) is 10.1 Å². The average molecular weight is 285 g/mol. The summed E-state index contributed by atoms with van der Waals surface area (Å²) in [6.45, 7) is 2.07. The van der Waals surface area contributed by atoms with Crippen molar-refractivity contribution in [3.63, 3.8) is 0 Å². The van der Waals surface area contributed by atoms with Gasteiger partial charge in [0.2, 0.25) is 5.89 Å². The van der Waals surface area contributed by atoms with E-state index in [4.69, 9.17) is 10.3 Å². The molecule has 4 nitrogen and oxygen atoms in total. The first kappa shape index (κ1) is 13.0. The van der Waals surface area contributed by atoms with E-state index in [1.54, 1.807) is 11.3 Å². The zero-order valence-corrected chi connectivity index (χ0v) is 11.9. The lowest BCUT2D eigenvalue weighted by Gasteiger charge is -2.01. The van der Waals surface area contributed by atoms with E-state index in [-0.39, 0.29) is 6.04 Å². The molecule has 0 aliphatic heterocycles. The number of benzene rings is 1. The minimum Gasteiger partial charge on any atom is -0.337 e. The minimum atomic E-state index is -0.339. The molecule has 0 bridgehead atoms. The van der Waals surface area contributed by atoms with Crippen molar-refractivity contribution in [2.45, 2.75) is 19.4 Å². The zero-order chi connectivity index (χ0) is 13.9. The lowest BCUT2D eigenvalue weighted by Crippen LogP contribution is -2.10. The van der Waals surface area contributed by atoms with Gasteiger partial charge in [0.1, 0.15) is 6.04 Å². The molecule has 3 rings (SSSR count). The van der Waals surface area contributed by atoms with Crippen LogP contribution in [0.4, 0.5) is 0 Å².